The van der Waals surface area contributed by atoms with E-state index in [1.54, 1.807) is 0 Å². The van der Waals surface area contributed by atoms with Gasteiger partial charge in [0.1, 0.15) is 5.60 Å². The molecule has 1 fully saturated rings. The van der Waals surface area contributed by atoms with Crippen LogP contribution in [0.1, 0.15) is 30.4 Å². The molecule has 19 heavy (non-hydrogen) atoms. The molecule has 1 aliphatic carbocycles. The molecule has 4 heteroatoms. The molecule has 0 unspecified atom stereocenters. The van der Waals surface area contributed by atoms with Gasteiger partial charge in [0.05, 0.1) is 6.42 Å². The molecule has 100 valence electrons. The summed E-state index contributed by atoms with van der Waals surface area (Å²) in [6.07, 6.45) is 1.28. The summed E-state index contributed by atoms with van der Waals surface area (Å²) >= 11 is 0. The predicted molar refractivity (Wildman–Crippen MR) is 69.6 cm³/mol. The molecule has 1 aromatic carbocycles. The molecule has 0 atom stereocenters. The van der Waals surface area contributed by atoms with E-state index in [1.807, 2.05) is 31.2 Å². The minimum Gasteiger partial charge on any atom is -0.478 e. The Morgan fingerprint density at radius 1 is 1.32 bits per heavy atom. The fourth-order valence-corrected chi connectivity index (χ4v) is 1.92. The maximum Gasteiger partial charge on any atom is 0.331 e. The average Bonchev–Trinajstić information content (AvgIpc) is 3.10. The number of carboxylic acids is 1. The molecular weight excluding hydrogens is 244 g/mol. The van der Waals surface area contributed by atoms with Crippen LogP contribution in [0, 0.1) is 6.92 Å². The van der Waals surface area contributed by atoms with Crippen LogP contribution in [0.25, 0.3) is 0 Å². The number of carboxylic acid groups (broad SMARTS) is 1. The number of carbonyl (C=O) groups is 2. The van der Waals surface area contributed by atoms with Crippen LogP contribution in [0.2, 0.25) is 0 Å². The molecule has 4 nitrogen and oxygen atoms in total. The number of rotatable bonds is 5. The number of benzene rings is 1. The molecule has 0 spiro atoms. The van der Waals surface area contributed by atoms with E-state index in [4.69, 9.17) is 9.84 Å². The van der Waals surface area contributed by atoms with Crippen LogP contribution in [-0.4, -0.2) is 17.0 Å². The summed E-state index contributed by atoms with van der Waals surface area (Å²) in [5, 5.41) is 8.69. The van der Waals surface area contributed by atoms with Crippen molar-refractivity contribution in [3.63, 3.8) is 0 Å². The van der Waals surface area contributed by atoms with Crippen LogP contribution in [0.4, 0.5) is 0 Å². The minimum absolute atomic E-state index is 0.148. The van der Waals surface area contributed by atoms with Crippen molar-refractivity contribution in [1.82, 2.24) is 0 Å². The normalized spacial score (nSPS) is 15.6. The second kappa shape index (κ2) is 4.88. The summed E-state index contributed by atoms with van der Waals surface area (Å²) in [6.45, 7) is 5.32. The van der Waals surface area contributed by atoms with Crippen molar-refractivity contribution in [3.05, 3.63) is 47.5 Å². The SMILES string of the molecule is C=C(CC(=O)OC1(c2ccc(C)cc2)CC1)C(=O)O. The number of aryl methyl sites for hydroxylation is 1. The Hall–Kier alpha value is -2.10. The Morgan fingerprint density at radius 3 is 2.37 bits per heavy atom. The smallest absolute Gasteiger partial charge is 0.331 e. The molecule has 0 radical (unpaired) electrons. The van der Waals surface area contributed by atoms with E-state index in [0.29, 0.717) is 0 Å². The summed E-state index contributed by atoms with van der Waals surface area (Å²) in [4.78, 5) is 22.3. The zero-order valence-corrected chi connectivity index (χ0v) is 10.8. The first kappa shape index (κ1) is 13.3. The summed E-state index contributed by atoms with van der Waals surface area (Å²) in [5.41, 5.74) is 1.41. The van der Waals surface area contributed by atoms with Crippen LogP contribution in [0.15, 0.2) is 36.4 Å². The molecule has 0 heterocycles. The van der Waals surface area contributed by atoms with E-state index in [2.05, 4.69) is 6.58 Å². The first-order valence-corrected chi connectivity index (χ1v) is 6.13. The summed E-state index contributed by atoms with van der Waals surface area (Å²) < 4.78 is 5.43. The van der Waals surface area contributed by atoms with Gasteiger partial charge in [-0.15, -0.1) is 0 Å². The summed E-state index contributed by atoms with van der Waals surface area (Å²) in [6, 6.07) is 7.84. The van der Waals surface area contributed by atoms with Crippen LogP contribution < -0.4 is 0 Å². The first-order valence-electron chi connectivity index (χ1n) is 6.13. The van der Waals surface area contributed by atoms with Crippen molar-refractivity contribution in [2.24, 2.45) is 0 Å². The zero-order valence-electron chi connectivity index (χ0n) is 10.8. The molecule has 1 N–H and O–H groups in total. The van der Waals surface area contributed by atoms with Crippen molar-refractivity contribution in [2.45, 2.75) is 31.8 Å². The van der Waals surface area contributed by atoms with Crippen molar-refractivity contribution in [1.29, 1.82) is 0 Å². The second-order valence-corrected chi connectivity index (χ2v) is 4.92. The lowest BCUT2D eigenvalue weighted by Gasteiger charge is -2.17. The fourth-order valence-electron chi connectivity index (χ4n) is 1.92. The average molecular weight is 260 g/mol. The van der Waals surface area contributed by atoms with Crippen molar-refractivity contribution >= 4 is 11.9 Å². The Kier molecular flexibility index (Phi) is 3.42. The topological polar surface area (TPSA) is 63.6 Å². The Morgan fingerprint density at radius 2 is 1.89 bits per heavy atom. The van der Waals surface area contributed by atoms with Gasteiger partial charge in [-0.25, -0.2) is 4.79 Å². The number of carbonyl (C=O) groups excluding carboxylic acids is 1. The van der Waals surface area contributed by atoms with Crippen LogP contribution in [-0.2, 0) is 19.9 Å². The maximum absolute atomic E-state index is 11.7. The van der Waals surface area contributed by atoms with E-state index in [9.17, 15) is 9.59 Å². The van der Waals surface area contributed by atoms with Gasteiger partial charge in [-0.1, -0.05) is 36.4 Å². The van der Waals surface area contributed by atoms with Gasteiger partial charge in [0.25, 0.3) is 0 Å². The zero-order chi connectivity index (χ0) is 14.0. The van der Waals surface area contributed by atoms with Gasteiger partial charge >= 0.3 is 11.9 Å². The third kappa shape index (κ3) is 3.02. The van der Waals surface area contributed by atoms with Gasteiger partial charge in [-0.2, -0.15) is 0 Å². The number of aliphatic carboxylic acids is 1. The summed E-state index contributed by atoms with van der Waals surface area (Å²) in [7, 11) is 0. The highest BCUT2D eigenvalue weighted by Crippen LogP contribution is 2.49. The highest BCUT2D eigenvalue weighted by Gasteiger charge is 2.48. The lowest BCUT2D eigenvalue weighted by atomic mass is 10.1. The lowest BCUT2D eigenvalue weighted by Crippen LogP contribution is -2.19. The highest BCUT2D eigenvalue weighted by atomic mass is 16.6. The number of ether oxygens (including phenoxy) is 1. The fraction of sp³-hybridized carbons (Fsp3) is 0.333. The summed E-state index contributed by atoms with van der Waals surface area (Å²) in [5.74, 6) is -1.71. The monoisotopic (exact) mass is 260 g/mol. The van der Waals surface area contributed by atoms with Crippen molar-refractivity contribution in [3.8, 4) is 0 Å². The van der Waals surface area contributed by atoms with Gasteiger partial charge in [0.2, 0.25) is 0 Å². The van der Waals surface area contributed by atoms with Crippen molar-refractivity contribution in [2.75, 3.05) is 0 Å². The highest BCUT2D eigenvalue weighted by molar-refractivity contribution is 5.92. The Bertz CT molecular complexity index is 524. The van der Waals surface area contributed by atoms with Gasteiger partial charge in [0.15, 0.2) is 0 Å². The first-order chi connectivity index (χ1) is 8.93. The molecule has 0 aliphatic heterocycles. The standard InChI is InChI=1S/C15H16O4/c1-10-3-5-12(6-4-10)15(7-8-15)19-13(16)9-11(2)14(17)18/h3-6H,2,7-9H2,1H3,(H,17,18). The minimum atomic E-state index is -1.17. The quantitative estimate of drug-likeness (QED) is 0.652. The number of hydrogen-bond donors (Lipinski definition) is 1. The number of esters is 1. The molecule has 1 aliphatic rings. The largest absolute Gasteiger partial charge is 0.478 e. The molecule has 0 aromatic heterocycles. The molecule has 1 saturated carbocycles. The molecule has 0 amide bonds. The second-order valence-electron chi connectivity index (χ2n) is 4.92. The van der Waals surface area contributed by atoms with E-state index in [-0.39, 0.29) is 12.0 Å². The molecule has 0 bridgehead atoms. The maximum atomic E-state index is 11.7. The van der Waals surface area contributed by atoms with Crippen molar-refractivity contribution < 1.29 is 19.4 Å². The molecular formula is C15H16O4. The molecule has 2 rings (SSSR count). The van der Waals surface area contributed by atoms with Crippen LogP contribution >= 0.6 is 0 Å². The van der Waals surface area contributed by atoms with Gasteiger partial charge in [0, 0.05) is 5.57 Å². The third-order valence-corrected chi connectivity index (χ3v) is 3.25. The number of hydrogen-bond acceptors (Lipinski definition) is 3. The van der Waals surface area contributed by atoms with Crippen LogP contribution in [0.3, 0.4) is 0 Å². The van der Waals surface area contributed by atoms with Crippen LogP contribution in [0.5, 0.6) is 0 Å². The Balaban J connectivity index is 2.02. The third-order valence-electron chi connectivity index (χ3n) is 3.25. The van der Waals surface area contributed by atoms with Gasteiger partial charge < -0.3 is 9.84 Å². The van der Waals surface area contributed by atoms with E-state index in [1.165, 1.54) is 0 Å². The molecule has 1 aromatic rings. The van der Waals surface area contributed by atoms with E-state index in [0.717, 1.165) is 24.0 Å². The van der Waals surface area contributed by atoms with E-state index >= 15 is 0 Å². The molecule has 0 saturated heterocycles. The Labute approximate surface area is 111 Å². The predicted octanol–water partition coefficient (Wildman–Crippen LogP) is 2.56. The van der Waals surface area contributed by atoms with Gasteiger partial charge in [-0.05, 0) is 25.3 Å². The van der Waals surface area contributed by atoms with Gasteiger partial charge in [-0.3, -0.25) is 4.79 Å². The van der Waals surface area contributed by atoms with E-state index < -0.39 is 17.5 Å². The lowest BCUT2D eigenvalue weighted by molar-refractivity contribution is -0.152.